The first kappa shape index (κ1) is 12.8. The third-order valence-corrected chi connectivity index (χ3v) is 2.56. The van der Waals surface area contributed by atoms with E-state index in [1.54, 1.807) is 0 Å². The van der Waals surface area contributed by atoms with Crippen LogP contribution < -0.4 is 0 Å². The van der Waals surface area contributed by atoms with Crippen molar-refractivity contribution in [3.05, 3.63) is 0 Å². The van der Waals surface area contributed by atoms with Crippen molar-refractivity contribution in [3.8, 4) is 0 Å². The van der Waals surface area contributed by atoms with E-state index < -0.39 is 34.7 Å². The third kappa shape index (κ3) is 3.37. The fraction of sp³-hybridized carbons (Fsp3) is 1.00. The average molecular weight is 242 g/mol. The normalized spacial score (nSPS) is 37.9. The first-order chi connectivity index (χ1) is 6.85. The summed E-state index contributed by atoms with van der Waals surface area (Å²) < 4.78 is 35.8. The zero-order valence-corrected chi connectivity index (χ0v) is 9.18. The fourth-order valence-electron chi connectivity index (χ4n) is 1.28. The molecule has 1 aliphatic heterocycles. The number of rotatable bonds is 3. The molecule has 1 heterocycles. The second kappa shape index (κ2) is 4.73. The molecule has 15 heavy (non-hydrogen) atoms. The number of hydrogen-bond donors (Lipinski definition) is 2. The molecular formula is C7H14O7S. The molecule has 1 saturated heterocycles. The van der Waals surface area contributed by atoms with Crippen LogP contribution in [0.25, 0.3) is 0 Å². The van der Waals surface area contributed by atoms with Crippen molar-refractivity contribution in [2.24, 2.45) is 0 Å². The van der Waals surface area contributed by atoms with Crippen molar-refractivity contribution in [2.75, 3.05) is 20.0 Å². The monoisotopic (exact) mass is 242 g/mol. The van der Waals surface area contributed by atoms with Crippen LogP contribution in [0.1, 0.15) is 0 Å². The molecule has 90 valence electrons. The Balaban J connectivity index is 2.64. The van der Waals surface area contributed by atoms with Gasteiger partial charge >= 0.3 is 0 Å². The topological polar surface area (TPSA) is 102 Å². The van der Waals surface area contributed by atoms with Gasteiger partial charge in [-0.25, -0.2) is 0 Å². The maximum Gasteiger partial charge on any atom is 0.264 e. The molecule has 1 aliphatic rings. The molecule has 0 aromatic carbocycles. The highest BCUT2D eigenvalue weighted by Crippen LogP contribution is 2.19. The van der Waals surface area contributed by atoms with Crippen LogP contribution in [0.4, 0.5) is 0 Å². The summed E-state index contributed by atoms with van der Waals surface area (Å²) in [5.74, 6) is 0. The molecular weight excluding hydrogens is 228 g/mol. The lowest BCUT2D eigenvalue weighted by Crippen LogP contribution is -2.54. The Morgan fingerprint density at radius 1 is 1.33 bits per heavy atom. The van der Waals surface area contributed by atoms with E-state index in [2.05, 4.69) is 4.18 Å². The molecule has 8 heteroatoms. The van der Waals surface area contributed by atoms with E-state index in [0.717, 1.165) is 6.26 Å². The summed E-state index contributed by atoms with van der Waals surface area (Å²) in [6, 6.07) is 0. The molecule has 4 atom stereocenters. The highest BCUT2D eigenvalue weighted by Gasteiger charge is 2.40. The van der Waals surface area contributed by atoms with Crippen molar-refractivity contribution in [1.29, 1.82) is 0 Å². The van der Waals surface area contributed by atoms with E-state index >= 15 is 0 Å². The molecule has 0 spiro atoms. The van der Waals surface area contributed by atoms with Crippen LogP contribution in [0, 0.1) is 0 Å². The van der Waals surface area contributed by atoms with Gasteiger partial charge < -0.3 is 19.7 Å². The molecule has 1 rings (SSSR count). The van der Waals surface area contributed by atoms with Crippen molar-refractivity contribution >= 4 is 10.1 Å². The number of ether oxygens (including phenoxy) is 2. The fourth-order valence-corrected chi connectivity index (χ4v) is 1.90. The number of aliphatic hydroxyl groups excluding tert-OH is 2. The van der Waals surface area contributed by atoms with Crippen molar-refractivity contribution in [3.63, 3.8) is 0 Å². The number of methoxy groups -OCH3 is 1. The molecule has 0 aromatic heterocycles. The highest BCUT2D eigenvalue weighted by atomic mass is 32.2. The molecule has 1 fully saturated rings. The summed E-state index contributed by atoms with van der Waals surface area (Å²) in [4.78, 5) is 0. The van der Waals surface area contributed by atoms with Crippen LogP contribution in [-0.2, 0) is 23.8 Å². The Bertz CT molecular complexity index is 300. The van der Waals surface area contributed by atoms with E-state index in [4.69, 9.17) is 9.47 Å². The summed E-state index contributed by atoms with van der Waals surface area (Å²) in [6.45, 7) is -0.163. The summed E-state index contributed by atoms with van der Waals surface area (Å²) >= 11 is 0. The summed E-state index contributed by atoms with van der Waals surface area (Å²) in [6.07, 6.45) is -3.93. The highest BCUT2D eigenvalue weighted by molar-refractivity contribution is 7.86. The maximum atomic E-state index is 10.8. The second-order valence-electron chi connectivity index (χ2n) is 3.26. The zero-order valence-electron chi connectivity index (χ0n) is 8.36. The van der Waals surface area contributed by atoms with E-state index in [0.29, 0.717) is 0 Å². The van der Waals surface area contributed by atoms with Gasteiger partial charge in [-0.05, 0) is 0 Å². The van der Waals surface area contributed by atoms with Crippen LogP contribution in [0.2, 0.25) is 0 Å². The van der Waals surface area contributed by atoms with Crippen LogP contribution in [0.3, 0.4) is 0 Å². The Labute approximate surface area is 87.7 Å². The van der Waals surface area contributed by atoms with Gasteiger partial charge in [0.15, 0.2) is 6.29 Å². The zero-order chi connectivity index (χ0) is 11.6. The minimum atomic E-state index is -3.70. The van der Waals surface area contributed by atoms with Crippen LogP contribution in [-0.4, -0.2) is 63.2 Å². The van der Waals surface area contributed by atoms with Gasteiger partial charge in [0.2, 0.25) is 0 Å². The van der Waals surface area contributed by atoms with Crippen molar-refractivity contribution in [2.45, 2.75) is 24.6 Å². The van der Waals surface area contributed by atoms with Gasteiger partial charge in [0.1, 0.15) is 18.3 Å². The van der Waals surface area contributed by atoms with Gasteiger partial charge in [-0.15, -0.1) is 0 Å². The minimum Gasteiger partial charge on any atom is -0.387 e. The van der Waals surface area contributed by atoms with Crippen LogP contribution >= 0.6 is 0 Å². The lowest BCUT2D eigenvalue weighted by Gasteiger charge is -2.35. The van der Waals surface area contributed by atoms with E-state index in [-0.39, 0.29) is 6.61 Å². The molecule has 0 amide bonds. The smallest absolute Gasteiger partial charge is 0.264 e. The lowest BCUT2D eigenvalue weighted by molar-refractivity contribution is -0.257. The lowest BCUT2D eigenvalue weighted by atomic mass is 10.1. The van der Waals surface area contributed by atoms with Crippen LogP contribution in [0.5, 0.6) is 0 Å². The minimum absolute atomic E-state index is 0.163. The van der Waals surface area contributed by atoms with E-state index in [9.17, 15) is 18.6 Å². The maximum absolute atomic E-state index is 10.8. The molecule has 0 aliphatic carbocycles. The molecule has 7 nitrogen and oxygen atoms in total. The molecule has 0 saturated carbocycles. The second-order valence-corrected chi connectivity index (χ2v) is 4.86. The number of aliphatic hydroxyl groups is 2. The Hall–Kier alpha value is -0.250. The molecule has 0 radical (unpaired) electrons. The van der Waals surface area contributed by atoms with Gasteiger partial charge in [-0.2, -0.15) is 8.42 Å². The van der Waals surface area contributed by atoms with Crippen LogP contribution in [0.15, 0.2) is 0 Å². The van der Waals surface area contributed by atoms with E-state index in [1.807, 2.05) is 0 Å². The Kier molecular flexibility index (Phi) is 4.04. The van der Waals surface area contributed by atoms with Gasteiger partial charge in [0, 0.05) is 7.11 Å². The van der Waals surface area contributed by atoms with Gasteiger partial charge in [0.05, 0.1) is 12.9 Å². The van der Waals surface area contributed by atoms with Crippen molar-refractivity contribution in [1.82, 2.24) is 0 Å². The first-order valence-corrected chi connectivity index (χ1v) is 6.05. The molecule has 0 aromatic rings. The number of hydrogen-bond acceptors (Lipinski definition) is 7. The quantitative estimate of drug-likeness (QED) is 0.555. The largest absolute Gasteiger partial charge is 0.387 e. The predicted molar refractivity (Wildman–Crippen MR) is 48.5 cm³/mol. The van der Waals surface area contributed by atoms with Gasteiger partial charge in [-0.1, -0.05) is 0 Å². The Morgan fingerprint density at radius 3 is 2.40 bits per heavy atom. The van der Waals surface area contributed by atoms with Gasteiger partial charge in [-0.3, -0.25) is 4.18 Å². The van der Waals surface area contributed by atoms with E-state index in [1.165, 1.54) is 7.11 Å². The Morgan fingerprint density at radius 2 is 1.93 bits per heavy atom. The standard InChI is InChI=1S/C7H14O7S/c1-12-7-6(9)5(8)4(3-13-7)14-15(2,10)11/h4-9H,3H2,1-2H3/t4-,5-,6+,7+/m1/s1. The third-order valence-electron chi connectivity index (χ3n) is 1.97. The predicted octanol–water partition coefficient (Wildman–Crippen LogP) is -1.94. The average Bonchev–Trinajstić information content (AvgIpc) is 2.11. The molecule has 0 bridgehead atoms. The molecule has 0 unspecified atom stereocenters. The van der Waals surface area contributed by atoms with Gasteiger partial charge in [0.25, 0.3) is 10.1 Å². The molecule has 2 N–H and O–H groups in total. The van der Waals surface area contributed by atoms with Crippen molar-refractivity contribution < 1.29 is 32.3 Å². The summed E-state index contributed by atoms with van der Waals surface area (Å²) in [5.41, 5.74) is 0. The summed E-state index contributed by atoms with van der Waals surface area (Å²) in [7, 11) is -2.39. The first-order valence-electron chi connectivity index (χ1n) is 4.24. The SMILES string of the molecule is CO[C@H]1OC[C@@H](OS(C)(=O)=O)[C@@H](O)[C@@H]1O. The summed E-state index contributed by atoms with van der Waals surface area (Å²) in [5, 5.41) is 18.9.